The smallest absolute Gasteiger partial charge is 0.307 e. The van der Waals surface area contributed by atoms with Gasteiger partial charge in [-0.1, -0.05) is 48.5 Å². The van der Waals surface area contributed by atoms with Crippen molar-refractivity contribution in [3.05, 3.63) is 83.9 Å². The normalized spacial score (nSPS) is 10.3. The number of rotatable bonds is 7. The van der Waals surface area contributed by atoms with E-state index in [9.17, 15) is 4.79 Å². The van der Waals surface area contributed by atoms with Gasteiger partial charge in [-0.15, -0.1) is 0 Å². The van der Waals surface area contributed by atoms with E-state index in [-0.39, 0.29) is 6.42 Å². The van der Waals surface area contributed by atoms with Crippen LogP contribution in [0.25, 0.3) is 11.1 Å². The molecule has 0 heterocycles. The van der Waals surface area contributed by atoms with Crippen molar-refractivity contribution in [3.63, 3.8) is 0 Å². The highest BCUT2D eigenvalue weighted by Gasteiger charge is 2.11. The molecule has 1 N–H and O–H groups in total. The highest BCUT2D eigenvalue weighted by atomic mass is 16.5. The van der Waals surface area contributed by atoms with E-state index in [1.807, 2.05) is 66.7 Å². The second kappa shape index (κ2) is 8.21. The third-order valence-electron chi connectivity index (χ3n) is 4.02. The fourth-order valence-corrected chi connectivity index (χ4v) is 2.74. The number of carboxylic acids is 1. The molecule has 0 aliphatic heterocycles. The Kier molecular flexibility index (Phi) is 5.54. The van der Waals surface area contributed by atoms with Crippen LogP contribution in [0.3, 0.4) is 0 Å². The van der Waals surface area contributed by atoms with Gasteiger partial charge in [0.2, 0.25) is 0 Å². The van der Waals surface area contributed by atoms with E-state index in [0.29, 0.717) is 12.4 Å². The monoisotopic (exact) mass is 348 g/mol. The molecule has 4 nitrogen and oxygen atoms in total. The molecule has 0 radical (unpaired) electrons. The van der Waals surface area contributed by atoms with Crippen molar-refractivity contribution in [2.75, 3.05) is 7.11 Å². The van der Waals surface area contributed by atoms with E-state index in [0.717, 1.165) is 28.0 Å². The van der Waals surface area contributed by atoms with Crippen molar-refractivity contribution < 1.29 is 19.4 Å². The summed E-state index contributed by atoms with van der Waals surface area (Å²) in [4.78, 5) is 11.1. The second-order valence-electron chi connectivity index (χ2n) is 5.91. The van der Waals surface area contributed by atoms with E-state index in [1.165, 1.54) is 0 Å². The number of methoxy groups -OCH3 is 1. The zero-order valence-electron chi connectivity index (χ0n) is 14.5. The molecule has 0 fully saturated rings. The lowest BCUT2D eigenvalue weighted by molar-refractivity contribution is -0.136. The van der Waals surface area contributed by atoms with Gasteiger partial charge < -0.3 is 14.6 Å². The summed E-state index contributed by atoms with van der Waals surface area (Å²) in [7, 11) is 1.62. The molecule has 0 saturated heterocycles. The van der Waals surface area contributed by atoms with Crippen LogP contribution in [-0.4, -0.2) is 18.2 Å². The minimum atomic E-state index is -0.862. The highest BCUT2D eigenvalue weighted by molar-refractivity contribution is 5.75. The maximum Gasteiger partial charge on any atom is 0.307 e. The molecule has 3 aromatic carbocycles. The van der Waals surface area contributed by atoms with E-state index in [1.54, 1.807) is 13.2 Å². The van der Waals surface area contributed by atoms with E-state index >= 15 is 0 Å². The van der Waals surface area contributed by atoms with Crippen LogP contribution in [0.15, 0.2) is 72.8 Å². The molecular formula is C22H20O4. The summed E-state index contributed by atoms with van der Waals surface area (Å²) in [5.74, 6) is 0.580. The molecule has 0 aromatic heterocycles. The van der Waals surface area contributed by atoms with Crippen LogP contribution in [-0.2, 0) is 17.8 Å². The molecule has 0 saturated carbocycles. The molecule has 3 aromatic rings. The molecule has 132 valence electrons. The van der Waals surface area contributed by atoms with Crippen molar-refractivity contribution in [3.8, 4) is 22.6 Å². The average Bonchev–Trinajstić information content (AvgIpc) is 2.67. The number of benzene rings is 3. The summed E-state index contributed by atoms with van der Waals surface area (Å²) in [6, 6.07) is 23.0. The lowest BCUT2D eigenvalue weighted by Crippen LogP contribution is -2.02. The van der Waals surface area contributed by atoms with E-state index in [4.69, 9.17) is 14.6 Å². The molecule has 0 unspecified atom stereocenters. The summed E-state index contributed by atoms with van der Waals surface area (Å²) in [5.41, 5.74) is 3.55. The maximum atomic E-state index is 11.1. The summed E-state index contributed by atoms with van der Waals surface area (Å²) < 4.78 is 11.3. The number of hydrogen-bond acceptors (Lipinski definition) is 3. The van der Waals surface area contributed by atoms with Gasteiger partial charge in [-0.25, -0.2) is 0 Å². The van der Waals surface area contributed by atoms with Crippen LogP contribution in [0.5, 0.6) is 11.5 Å². The Labute approximate surface area is 152 Å². The number of ether oxygens (including phenoxy) is 2. The minimum Gasteiger partial charge on any atom is -0.497 e. The predicted octanol–water partition coefficient (Wildman–Crippen LogP) is 4.57. The van der Waals surface area contributed by atoms with Crippen molar-refractivity contribution >= 4 is 5.97 Å². The number of carbonyl (C=O) groups is 1. The van der Waals surface area contributed by atoms with Crippen LogP contribution in [0.2, 0.25) is 0 Å². The van der Waals surface area contributed by atoms with Gasteiger partial charge in [-0.2, -0.15) is 0 Å². The Morgan fingerprint density at radius 2 is 1.73 bits per heavy atom. The lowest BCUT2D eigenvalue weighted by Gasteiger charge is -2.14. The molecule has 0 atom stereocenters. The van der Waals surface area contributed by atoms with Crippen LogP contribution in [0.4, 0.5) is 0 Å². The van der Waals surface area contributed by atoms with Crippen LogP contribution in [0.1, 0.15) is 11.1 Å². The van der Waals surface area contributed by atoms with Gasteiger partial charge in [-0.3, -0.25) is 4.79 Å². The molecule has 0 spiro atoms. The second-order valence-corrected chi connectivity index (χ2v) is 5.91. The van der Waals surface area contributed by atoms with Crippen molar-refractivity contribution in [2.24, 2.45) is 0 Å². The molecular weight excluding hydrogens is 328 g/mol. The molecule has 26 heavy (non-hydrogen) atoms. The fraction of sp³-hybridized carbons (Fsp3) is 0.136. The highest BCUT2D eigenvalue weighted by Crippen LogP contribution is 2.33. The summed E-state index contributed by atoms with van der Waals surface area (Å²) in [5, 5.41) is 9.08. The fourth-order valence-electron chi connectivity index (χ4n) is 2.74. The average molecular weight is 348 g/mol. The Bertz CT molecular complexity index is 888. The number of carboxylic acid groups (broad SMARTS) is 1. The summed E-state index contributed by atoms with van der Waals surface area (Å²) in [6.07, 6.45) is -0.0318. The first kappa shape index (κ1) is 17.5. The predicted molar refractivity (Wildman–Crippen MR) is 101 cm³/mol. The van der Waals surface area contributed by atoms with Crippen molar-refractivity contribution in [1.82, 2.24) is 0 Å². The molecule has 4 heteroatoms. The zero-order chi connectivity index (χ0) is 18.4. The summed E-state index contributed by atoms with van der Waals surface area (Å²) >= 11 is 0. The first-order chi connectivity index (χ1) is 12.7. The Morgan fingerprint density at radius 3 is 2.46 bits per heavy atom. The zero-order valence-corrected chi connectivity index (χ0v) is 14.5. The van der Waals surface area contributed by atoms with Crippen LogP contribution < -0.4 is 9.47 Å². The topological polar surface area (TPSA) is 55.8 Å². The first-order valence-corrected chi connectivity index (χ1v) is 8.31. The minimum absolute atomic E-state index is 0.0318. The molecule has 0 amide bonds. The van der Waals surface area contributed by atoms with Gasteiger partial charge in [0.25, 0.3) is 0 Å². The molecule has 0 aliphatic carbocycles. The Morgan fingerprint density at radius 1 is 0.923 bits per heavy atom. The van der Waals surface area contributed by atoms with Gasteiger partial charge in [0, 0.05) is 5.56 Å². The van der Waals surface area contributed by atoms with Crippen LogP contribution >= 0.6 is 0 Å². The number of aliphatic carboxylic acids is 1. The number of hydrogen-bond donors (Lipinski definition) is 1. The standard InChI is InChI=1S/C22H20O4/c1-25-19-9-5-8-18(14-19)20-12-17(13-22(23)24)10-11-21(20)26-15-16-6-3-2-4-7-16/h2-12,14H,13,15H2,1H3,(H,23,24). The molecule has 0 bridgehead atoms. The lowest BCUT2D eigenvalue weighted by atomic mass is 10.00. The van der Waals surface area contributed by atoms with Gasteiger partial charge in [0.1, 0.15) is 18.1 Å². The van der Waals surface area contributed by atoms with Gasteiger partial charge >= 0.3 is 5.97 Å². The largest absolute Gasteiger partial charge is 0.497 e. The van der Waals surface area contributed by atoms with Crippen molar-refractivity contribution in [1.29, 1.82) is 0 Å². The van der Waals surface area contributed by atoms with E-state index in [2.05, 4.69) is 0 Å². The van der Waals surface area contributed by atoms with E-state index < -0.39 is 5.97 Å². The van der Waals surface area contributed by atoms with Crippen LogP contribution in [0, 0.1) is 0 Å². The Hall–Kier alpha value is -3.27. The SMILES string of the molecule is COc1cccc(-c2cc(CC(=O)O)ccc2OCc2ccccc2)c1. The van der Waals surface area contributed by atoms with Gasteiger partial charge in [0.05, 0.1) is 13.5 Å². The Balaban J connectivity index is 1.95. The third-order valence-corrected chi connectivity index (χ3v) is 4.02. The summed E-state index contributed by atoms with van der Waals surface area (Å²) in [6.45, 7) is 0.441. The molecule has 0 aliphatic rings. The quantitative estimate of drug-likeness (QED) is 0.680. The van der Waals surface area contributed by atoms with Crippen molar-refractivity contribution in [2.45, 2.75) is 13.0 Å². The molecule has 3 rings (SSSR count). The third kappa shape index (κ3) is 4.42. The van der Waals surface area contributed by atoms with Gasteiger partial charge in [-0.05, 0) is 41.0 Å². The maximum absolute atomic E-state index is 11.1. The van der Waals surface area contributed by atoms with Gasteiger partial charge in [0.15, 0.2) is 0 Å². The first-order valence-electron chi connectivity index (χ1n) is 8.31.